The number of rotatable bonds is 4. The molecule has 0 aliphatic heterocycles. The molecule has 0 bridgehead atoms. The Morgan fingerprint density at radius 3 is 2.60 bits per heavy atom. The van der Waals surface area contributed by atoms with Crippen molar-refractivity contribution in [2.75, 3.05) is 0 Å². The van der Waals surface area contributed by atoms with Crippen molar-refractivity contribution in [2.45, 2.75) is 12.5 Å². The molecule has 1 aromatic rings. The van der Waals surface area contributed by atoms with Crippen molar-refractivity contribution in [2.24, 2.45) is 5.73 Å². The predicted molar refractivity (Wildman–Crippen MR) is 67.5 cm³/mol. The van der Waals surface area contributed by atoms with Crippen LogP contribution in [0, 0.1) is 0 Å². The SMILES string of the molecule is N[C@@H](Cc1ccccc1)C(=O)OBS.[NaH]. The maximum atomic E-state index is 11.2. The van der Waals surface area contributed by atoms with Gasteiger partial charge < -0.3 is 10.4 Å². The Bertz CT molecular complexity index is 299. The molecule has 0 saturated carbocycles. The molecule has 76 valence electrons. The average Bonchev–Trinajstić information content (AvgIpc) is 2.19. The number of carbonyl (C=O) groups is 1. The Morgan fingerprint density at radius 1 is 1.47 bits per heavy atom. The van der Waals surface area contributed by atoms with Crippen LogP contribution >= 0.6 is 12.5 Å². The normalized spacial score (nSPS) is 11.1. The van der Waals surface area contributed by atoms with Crippen LogP contribution in [0.3, 0.4) is 0 Å². The zero-order valence-electron chi connectivity index (χ0n) is 7.72. The van der Waals surface area contributed by atoms with Gasteiger partial charge in [0.1, 0.15) is 6.04 Å². The van der Waals surface area contributed by atoms with E-state index in [1.54, 1.807) is 0 Å². The fraction of sp³-hybridized carbons (Fsp3) is 0.222. The van der Waals surface area contributed by atoms with Gasteiger partial charge in [-0.2, -0.15) is 12.5 Å². The van der Waals surface area contributed by atoms with Crippen molar-refractivity contribution in [1.29, 1.82) is 0 Å². The third-order valence-electron chi connectivity index (χ3n) is 1.81. The summed E-state index contributed by atoms with van der Waals surface area (Å²) < 4.78 is 4.68. The summed E-state index contributed by atoms with van der Waals surface area (Å²) in [7, 11) is 0. The third kappa shape index (κ3) is 5.63. The fourth-order valence-electron chi connectivity index (χ4n) is 1.12. The summed E-state index contributed by atoms with van der Waals surface area (Å²) in [5, 5.41) is 0. The summed E-state index contributed by atoms with van der Waals surface area (Å²) in [4.78, 5) is 11.2. The molecule has 1 aromatic carbocycles. The van der Waals surface area contributed by atoms with Gasteiger partial charge in [-0.1, -0.05) is 30.3 Å². The van der Waals surface area contributed by atoms with Gasteiger partial charge in [0.05, 0.1) is 0 Å². The van der Waals surface area contributed by atoms with Crippen molar-refractivity contribution in [3.63, 3.8) is 0 Å². The number of nitrogens with two attached hydrogens (primary N) is 1. The molecule has 0 radical (unpaired) electrons. The van der Waals surface area contributed by atoms with Crippen molar-refractivity contribution in [1.82, 2.24) is 0 Å². The quantitative estimate of drug-likeness (QED) is 0.552. The second-order valence-electron chi connectivity index (χ2n) is 2.89. The molecule has 0 amide bonds. The Kier molecular flexibility index (Phi) is 8.28. The Morgan fingerprint density at radius 2 is 2.07 bits per heavy atom. The minimum absolute atomic E-state index is 0. The van der Waals surface area contributed by atoms with Gasteiger partial charge >= 0.3 is 42.3 Å². The number of hydrogen-bond acceptors (Lipinski definition) is 4. The topological polar surface area (TPSA) is 52.3 Å². The molecule has 2 N–H and O–H groups in total. The van der Waals surface area contributed by atoms with E-state index in [9.17, 15) is 4.79 Å². The monoisotopic (exact) mass is 233 g/mol. The summed E-state index contributed by atoms with van der Waals surface area (Å²) >= 11 is 3.78. The second kappa shape index (κ2) is 8.24. The molecule has 15 heavy (non-hydrogen) atoms. The predicted octanol–water partition coefficient (Wildman–Crippen LogP) is -0.353. The van der Waals surface area contributed by atoms with Crippen LogP contribution in [0.5, 0.6) is 0 Å². The first-order valence-electron chi connectivity index (χ1n) is 4.31. The Hall–Kier alpha value is 0.0649. The summed E-state index contributed by atoms with van der Waals surface area (Å²) in [6.07, 6.45) is 0.494. The van der Waals surface area contributed by atoms with Gasteiger partial charge in [-0.25, -0.2) is 0 Å². The van der Waals surface area contributed by atoms with Crippen molar-refractivity contribution >= 4 is 54.8 Å². The van der Waals surface area contributed by atoms with Crippen LogP contribution in [-0.2, 0) is 15.9 Å². The average molecular weight is 233 g/mol. The molecule has 0 unspecified atom stereocenters. The van der Waals surface area contributed by atoms with Crippen molar-refractivity contribution in [3.8, 4) is 0 Å². The Labute approximate surface area is 118 Å². The van der Waals surface area contributed by atoms with E-state index >= 15 is 0 Å². The van der Waals surface area contributed by atoms with Crippen LogP contribution in [0.4, 0.5) is 0 Å². The summed E-state index contributed by atoms with van der Waals surface area (Å²) in [5.41, 5.74) is 6.65. The molecule has 0 aliphatic carbocycles. The summed E-state index contributed by atoms with van der Waals surface area (Å²) in [5.74, 6) is -0.413. The first-order chi connectivity index (χ1) is 6.74. The van der Waals surface area contributed by atoms with Crippen LogP contribution in [0.2, 0.25) is 0 Å². The van der Waals surface area contributed by atoms with Gasteiger partial charge in [0.15, 0.2) is 0 Å². The molecule has 0 aromatic heterocycles. The zero-order chi connectivity index (χ0) is 10.4. The van der Waals surface area contributed by atoms with E-state index in [1.165, 1.54) is 0 Å². The van der Waals surface area contributed by atoms with Crippen LogP contribution in [0.1, 0.15) is 5.56 Å². The van der Waals surface area contributed by atoms with E-state index in [2.05, 4.69) is 17.1 Å². The van der Waals surface area contributed by atoms with Crippen molar-refractivity contribution < 1.29 is 9.45 Å². The van der Waals surface area contributed by atoms with E-state index in [0.717, 1.165) is 5.56 Å². The molecular weight excluding hydrogens is 220 g/mol. The molecule has 1 rings (SSSR count). The van der Waals surface area contributed by atoms with Gasteiger partial charge in [-0.3, -0.25) is 4.79 Å². The maximum absolute atomic E-state index is 11.2. The molecule has 1 atom stereocenters. The molecule has 0 saturated heterocycles. The summed E-state index contributed by atoms with van der Waals surface area (Å²) in [6.45, 7) is 0.0708. The molecule has 0 fully saturated rings. The first-order valence-corrected chi connectivity index (χ1v) is 4.94. The van der Waals surface area contributed by atoms with Crippen molar-refractivity contribution in [3.05, 3.63) is 35.9 Å². The second-order valence-corrected chi connectivity index (χ2v) is 3.15. The van der Waals surface area contributed by atoms with Gasteiger partial charge in [-0.15, -0.1) is 0 Å². The number of benzene rings is 1. The minimum atomic E-state index is -0.607. The van der Waals surface area contributed by atoms with Crippen LogP contribution in [0.15, 0.2) is 30.3 Å². The first kappa shape index (κ1) is 15.1. The van der Waals surface area contributed by atoms with E-state index in [1.807, 2.05) is 30.3 Å². The van der Waals surface area contributed by atoms with E-state index < -0.39 is 12.0 Å². The molecule has 0 spiro atoms. The molecule has 0 heterocycles. The fourth-order valence-corrected chi connectivity index (χ4v) is 1.25. The number of carbonyl (C=O) groups excluding carboxylic acids is 1. The van der Waals surface area contributed by atoms with Crippen LogP contribution in [0.25, 0.3) is 0 Å². The van der Waals surface area contributed by atoms with E-state index in [0.29, 0.717) is 6.42 Å². The van der Waals surface area contributed by atoms with Crippen LogP contribution < -0.4 is 5.73 Å². The third-order valence-corrected chi connectivity index (χ3v) is 1.94. The zero-order valence-corrected chi connectivity index (χ0v) is 8.61. The van der Waals surface area contributed by atoms with Gasteiger partial charge in [0, 0.05) is 0 Å². The van der Waals surface area contributed by atoms with Gasteiger partial charge in [0.25, 0.3) is 0 Å². The van der Waals surface area contributed by atoms with Gasteiger partial charge in [-0.05, 0) is 12.0 Å². The van der Waals surface area contributed by atoms with E-state index in [-0.39, 0.29) is 36.3 Å². The molecule has 6 heteroatoms. The molecule has 0 aliphatic rings. The van der Waals surface area contributed by atoms with Gasteiger partial charge in [0.2, 0.25) is 0 Å². The van der Waals surface area contributed by atoms with Crippen LogP contribution in [-0.4, -0.2) is 48.3 Å². The van der Waals surface area contributed by atoms with E-state index in [4.69, 9.17) is 5.73 Å². The Balaban J connectivity index is 0.00000196. The standard InChI is InChI=1S/C9H12BNO2S.Na.H/c11-8(9(12)13-10-14)6-7-4-2-1-3-5-7;;/h1-5,8,10,14H,6,11H2;;/t8-;;/m0../s1. The molecular formula is C9H13BNNaO2S. The summed E-state index contributed by atoms with van der Waals surface area (Å²) in [6, 6.07) is 8.98. The number of thiol groups is 1. The number of hydrogen-bond donors (Lipinski definition) is 2. The molecule has 3 nitrogen and oxygen atoms in total.